The molecule has 0 fully saturated rings. The molecule has 0 spiro atoms. The standard InChI is InChI=1S/C14H18N2S/c1-5-14(3,4)12-10(2)16-13(17-12)11-8-6-7-9-15-11/h6-9H,5H2,1-4H3. The summed E-state index contributed by atoms with van der Waals surface area (Å²) >= 11 is 1.77. The first-order valence-electron chi connectivity index (χ1n) is 5.94. The Hall–Kier alpha value is -1.22. The fourth-order valence-corrected chi connectivity index (χ4v) is 3.00. The Morgan fingerprint density at radius 1 is 1.29 bits per heavy atom. The van der Waals surface area contributed by atoms with E-state index in [1.807, 2.05) is 24.4 Å². The Bertz CT molecular complexity index is 500. The molecule has 0 saturated heterocycles. The van der Waals surface area contributed by atoms with Gasteiger partial charge in [-0.25, -0.2) is 4.98 Å². The summed E-state index contributed by atoms with van der Waals surface area (Å²) in [6.07, 6.45) is 2.94. The molecule has 2 heterocycles. The smallest absolute Gasteiger partial charge is 0.142 e. The number of rotatable bonds is 3. The molecule has 2 rings (SSSR count). The number of pyridine rings is 1. The van der Waals surface area contributed by atoms with Crippen LogP contribution in [0.25, 0.3) is 10.7 Å². The number of hydrogen-bond donors (Lipinski definition) is 0. The maximum Gasteiger partial charge on any atom is 0.142 e. The molecular formula is C14H18N2S. The van der Waals surface area contributed by atoms with Crippen LogP contribution in [0.2, 0.25) is 0 Å². The summed E-state index contributed by atoms with van der Waals surface area (Å²) in [5.74, 6) is 0. The number of hydrogen-bond acceptors (Lipinski definition) is 3. The van der Waals surface area contributed by atoms with Crippen molar-refractivity contribution in [2.45, 2.75) is 39.5 Å². The number of aromatic nitrogens is 2. The lowest BCUT2D eigenvalue weighted by Gasteiger charge is -2.21. The largest absolute Gasteiger partial charge is 0.254 e. The zero-order chi connectivity index (χ0) is 12.5. The van der Waals surface area contributed by atoms with Crippen molar-refractivity contribution in [3.05, 3.63) is 35.0 Å². The second-order valence-electron chi connectivity index (χ2n) is 4.89. The van der Waals surface area contributed by atoms with Crippen molar-refractivity contribution in [2.75, 3.05) is 0 Å². The molecule has 0 N–H and O–H groups in total. The SMILES string of the molecule is CCC(C)(C)c1sc(-c2ccccn2)nc1C. The third-order valence-corrected chi connectivity index (χ3v) is 4.73. The van der Waals surface area contributed by atoms with Gasteiger partial charge in [0.1, 0.15) is 5.01 Å². The molecule has 2 aromatic rings. The Morgan fingerprint density at radius 2 is 2.06 bits per heavy atom. The van der Waals surface area contributed by atoms with Gasteiger partial charge < -0.3 is 0 Å². The van der Waals surface area contributed by atoms with Crippen LogP contribution in [0.4, 0.5) is 0 Å². The predicted octanol–water partition coefficient (Wildman–Crippen LogP) is 4.20. The highest BCUT2D eigenvalue weighted by Gasteiger charge is 2.24. The first-order chi connectivity index (χ1) is 8.04. The highest BCUT2D eigenvalue weighted by atomic mass is 32.1. The first-order valence-corrected chi connectivity index (χ1v) is 6.75. The molecule has 17 heavy (non-hydrogen) atoms. The Balaban J connectivity index is 2.45. The lowest BCUT2D eigenvalue weighted by Crippen LogP contribution is -2.14. The van der Waals surface area contributed by atoms with Crippen molar-refractivity contribution >= 4 is 11.3 Å². The van der Waals surface area contributed by atoms with Gasteiger partial charge in [0.2, 0.25) is 0 Å². The first kappa shape index (κ1) is 12.2. The zero-order valence-corrected chi connectivity index (χ0v) is 11.6. The Morgan fingerprint density at radius 3 is 2.65 bits per heavy atom. The average Bonchev–Trinajstić information content (AvgIpc) is 2.73. The molecule has 0 atom stereocenters. The van der Waals surface area contributed by atoms with E-state index < -0.39 is 0 Å². The molecule has 90 valence electrons. The van der Waals surface area contributed by atoms with Gasteiger partial charge in [0, 0.05) is 16.5 Å². The number of aryl methyl sites for hydroxylation is 1. The topological polar surface area (TPSA) is 25.8 Å². The summed E-state index contributed by atoms with van der Waals surface area (Å²) in [7, 11) is 0. The van der Waals surface area contributed by atoms with Crippen molar-refractivity contribution in [3.63, 3.8) is 0 Å². The summed E-state index contributed by atoms with van der Waals surface area (Å²) in [6, 6.07) is 5.95. The highest BCUT2D eigenvalue weighted by Crippen LogP contribution is 2.37. The third kappa shape index (κ3) is 2.39. The van der Waals surface area contributed by atoms with E-state index in [4.69, 9.17) is 0 Å². The Labute approximate surface area is 107 Å². The quantitative estimate of drug-likeness (QED) is 0.811. The van der Waals surface area contributed by atoms with Gasteiger partial charge in [-0.3, -0.25) is 4.98 Å². The van der Waals surface area contributed by atoms with Crippen molar-refractivity contribution in [1.29, 1.82) is 0 Å². The van der Waals surface area contributed by atoms with Crippen LogP contribution in [0.3, 0.4) is 0 Å². The molecule has 0 unspecified atom stereocenters. The van der Waals surface area contributed by atoms with Gasteiger partial charge in [-0.05, 0) is 25.5 Å². The minimum atomic E-state index is 0.203. The van der Waals surface area contributed by atoms with Gasteiger partial charge in [0.15, 0.2) is 0 Å². The van der Waals surface area contributed by atoms with E-state index in [0.717, 1.165) is 22.8 Å². The third-order valence-electron chi connectivity index (χ3n) is 3.18. The summed E-state index contributed by atoms with van der Waals surface area (Å²) in [4.78, 5) is 10.4. The van der Waals surface area contributed by atoms with E-state index in [1.54, 1.807) is 11.3 Å². The molecule has 0 aliphatic heterocycles. The normalized spacial score (nSPS) is 11.8. The molecule has 0 saturated carbocycles. The number of thiazole rings is 1. The van der Waals surface area contributed by atoms with E-state index in [9.17, 15) is 0 Å². The monoisotopic (exact) mass is 246 g/mol. The lowest BCUT2D eigenvalue weighted by atomic mass is 9.88. The maximum atomic E-state index is 4.65. The maximum absolute atomic E-state index is 4.65. The molecule has 2 nitrogen and oxygen atoms in total. The fourth-order valence-electron chi connectivity index (χ4n) is 1.78. The molecule has 3 heteroatoms. The second kappa shape index (κ2) is 4.57. The van der Waals surface area contributed by atoms with Crippen molar-refractivity contribution in [2.24, 2.45) is 0 Å². The Kier molecular flexibility index (Phi) is 3.29. The number of nitrogens with zero attached hydrogens (tertiary/aromatic N) is 2. The zero-order valence-electron chi connectivity index (χ0n) is 10.8. The fraction of sp³-hybridized carbons (Fsp3) is 0.429. The van der Waals surface area contributed by atoms with Crippen LogP contribution in [0.1, 0.15) is 37.8 Å². The molecule has 0 radical (unpaired) electrons. The van der Waals surface area contributed by atoms with Crippen molar-refractivity contribution in [3.8, 4) is 10.7 Å². The van der Waals surface area contributed by atoms with Crippen LogP contribution < -0.4 is 0 Å². The molecule has 2 aromatic heterocycles. The molecule has 0 amide bonds. The molecule has 0 aliphatic rings. The average molecular weight is 246 g/mol. The van der Waals surface area contributed by atoms with Gasteiger partial charge in [-0.15, -0.1) is 11.3 Å². The van der Waals surface area contributed by atoms with E-state index in [0.29, 0.717) is 0 Å². The van der Waals surface area contributed by atoms with E-state index in [2.05, 4.69) is 37.7 Å². The van der Waals surface area contributed by atoms with Crippen LogP contribution in [0.5, 0.6) is 0 Å². The van der Waals surface area contributed by atoms with Gasteiger partial charge in [0.25, 0.3) is 0 Å². The van der Waals surface area contributed by atoms with Crippen LogP contribution in [0.15, 0.2) is 24.4 Å². The molecule has 0 aromatic carbocycles. The van der Waals surface area contributed by atoms with Crippen LogP contribution in [-0.4, -0.2) is 9.97 Å². The second-order valence-corrected chi connectivity index (χ2v) is 5.89. The van der Waals surface area contributed by atoms with Crippen molar-refractivity contribution in [1.82, 2.24) is 9.97 Å². The van der Waals surface area contributed by atoms with Crippen LogP contribution in [0, 0.1) is 6.92 Å². The minimum absolute atomic E-state index is 0.203. The summed E-state index contributed by atoms with van der Waals surface area (Å²) in [6.45, 7) is 8.86. The van der Waals surface area contributed by atoms with Gasteiger partial charge in [-0.1, -0.05) is 26.8 Å². The lowest BCUT2D eigenvalue weighted by molar-refractivity contribution is 0.513. The molecule has 0 bridgehead atoms. The summed E-state index contributed by atoms with van der Waals surface area (Å²) < 4.78 is 0. The van der Waals surface area contributed by atoms with E-state index >= 15 is 0 Å². The minimum Gasteiger partial charge on any atom is -0.254 e. The summed E-state index contributed by atoms with van der Waals surface area (Å²) in [5.41, 5.74) is 2.32. The van der Waals surface area contributed by atoms with Gasteiger partial charge in [0.05, 0.1) is 11.4 Å². The van der Waals surface area contributed by atoms with Crippen LogP contribution in [-0.2, 0) is 5.41 Å². The highest BCUT2D eigenvalue weighted by molar-refractivity contribution is 7.15. The molecular weight excluding hydrogens is 228 g/mol. The predicted molar refractivity (Wildman–Crippen MR) is 73.4 cm³/mol. The van der Waals surface area contributed by atoms with Crippen LogP contribution >= 0.6 is 11.3 Å². The van der Waals surface area contributed by atoms with Gasteiger partial charge in [-0.2, -0.15) is 0 Å². The van der Waals surface area contributed by atoms with E-state index in [1.165, 1.54) is 4.88 Å². The summed E-state index contributed by atoms with van der Waals surface area (Å²) in [5, 5.41) is 1.03. The van der Waals surface area contributed by atoms with E-state index in [-0.39, 0.29) is 5.41 Å². The van der Waals surface area contributed by atoms with Gasteiger partial charge >= 0.3 is 0 Å². The molecule has 0 aliphatic carbocycles. The van der Waals surface area contributed by atoms with Crippen molar-refractivity contribution < 1.29 is 0 Å².